The zero-order chi connectivity index (χ0) is 13.9. The van der Waals surface area contributed by atoms with Crippen molar-refractivity contribution in [2.75, 3.05) is 12.8 Å². The molecule has 0 radical (unpaired) electrons. The molecule has 1 aromatic rings. The first kappa shape index (κ1) is 14.7. The van der Waals surface area contributed by atoms with E-state index in [-0.39, 0.29) is 0 Å². The van der Waals surface area contributed by atoms with Crippen molar-refractivity contribution in [3.8, 4) is 0 Å². The van der Waals surface area contributed by atoms with Crippen LogP contribution in [0.1, 0.15) is 32.1 Å². The zero-order valence-corrected chi connectivity index (χ0v) is 13.7. The van der Waals surface area contributed by atoms with E-state index in [0.717, 1.165) is 28.5 Å². The molecule has 4 unspecified atom stereocenters. The zero-order valence-electron chi connectivity index (χ0n) is 12.1. The third-order valence-electron chi connectivity index (χ3n) is 5.14. The third-order valence-corrected chi connectivity index (χ3v) is 6.57. The van der Waals surface area contributed by atoms with E-state index in [1.807, 2.05) is 23.9 Å². The highest BCUT2D eigenvalue weighted by Crippen LogP contribution is 2.50. The molecule has 3 heteroatoms. The molecular formula is C17H24ClNS. The van der Waals surface area contributed by atoms with Crippen LogP contribution in [0.4, 0.5) is 0 Å². The van der Waals surface area contributed by atoms with Gasteiger partial charge in [0.2, 0.25) is 0 Å². The van der Waals surface area contributed by atoms with E-state index in [2.05, 4.69) is 24.5 Å². The van der Waals surface area contributed by atoms with Gasteiger partial charge in [-0.2, -0.15) is 0 Å². The minimum atomic E-state index is 0.639. The Kier molecular flexibility index (Phi) is 4.95. The predicted octanol–water partition coefficient (Wildman–Crippen LogP) is 4.85. The highest BCUT2D eigenvalue weighted by Gasteiger charge is 2.39. The van der Waals surface area contributed by atoms with Gasteiger partial charge in [0, 0.05) is 21.7 Å². The number of hydrogen-bond donors (Lipinski definition) is 1. The van der Waals surface area contributed by atoms with Gasteiger partial charge in [-0.3, -0.25) is 0 Å². The van der Waals surface area contributed by atoms with Crippen LogP contribution in [0, 0.1) is 17.8 Å². The second kappa shape index (κ2) is 6.72. The van der Waals surface area contributed by atoms with Crippen LogP contribution in [-0.2, 0) is 0 Å². The van der Waals surface area contributed by atoms with Crippen LogP contribution >= 0.6 is 23.4 Å². The van der Waals surface area contributed by atoms with Crippen LogP contribution in [0.2, 0.25) is 5.02 Å². The normalized spacial score (nSPS) is 29.8. The molecular weight excluding hydrogens is 286 g/mol. The second-order valence-corrected chi connectivity index (χ2v) is 7.95. The van der Waals surface area contributed by atoms with Crippen molar-refractivity contribution in [3.63, 3.8) is 0 Å². The molecule has 1 N–H and O–H groups in total. The number of halogens is 1. The Bertz CT molecular complexity index is 433. The molecule has 2 saturated carbocycles. The quantitative estimate of drug-likeness (QED) is 0.754. The van der Waals surface area contributed by atoms with E-state index >= 15 is 0 Å². The lowest BCUT2D eigenvalue weighted by Crippen LogP contribution is -2.31. The average Bonchev–Trinajstić information content (AvgIpc) is 3.07. The molecule has 0 amide bonds. The Morgan fingerprint density at radius 2 is 2.05 bits per heavy atom. The van der Waals surface area contributed by atoms with Crippen molar-refractivity contribution in [1.82, 2.24) is 5.32 Å². The summed E-state index contributed by atoms with van der Waals surface area (Å²) in [5.41, 5.74) is 0. The molecule has 1 aromatic carbocycles. The largest absolute Gasteiger partial charge is 0.316 e. The van der Waals surface area contributed by atoms with Gasteiger partial charge in [-0.15, -0.1) is 11.8 Å². The molecule has 0 saturated heterocycles. The number of benzene rings is 1. The highest BCUT2D eigenvalue weighted by atomic mass is 35.5. The number of rotatable bonds is 6. The maximum absolute atomic E-state index is 5.93. The first-order chi connectivity index (χ1) is 9.74. The number of nitrogens with one attached hydrogen (secondary N) is 1. The van der Waals surface area contributed by atoms with Gasteiger partial charge in [-0.1, -0.05) is 18.0 Å². The number of thioether (sulfide) groups is 1. The molecule has 4 atom stereocenters. The maximum atomic E-state index is 5.93. The van der Waals surface area contributed by atoms with Crippen LogP contribution < -0.4 is 5.32 Å². The van der Waals surface area contributed by atoms with Crippen molar-refractivity contribution in [2.45, 2.75) is 43.0 Å². The molecule has 0 heterocycles. The number of hydrogen-bond acceptors (Lipinski definition) is 2. The van der Waals surface area contributed by atoms with Crippen molar-refractivity contribution in [2.24, 2.45) is 17.8 Å². The third kappa shape index (κ3) is 3.52. The summed E-state index contributed by atoms with van der Waals surface area (Å²) < 4.78 is 0. The Balaban J connectivity index is 1.48. The van der Waals surface area contributed by atoms with E-state index < -0.39 is 0 Å². The summed E-state index contributed by atoms with van der Waals surface area (Å²) in [5, 5.41) is 4.34. The molecule has 1 nitrogen and oxygen atoms in total. The van der Waals surface area contributed by atoms with E-state index in [4.69, 9.17) is 11.6 Å². The van der Waals surface area contributed by atoms with E-state index in [0.29, 0.717) is 6.04 Å². The van der Waals surface area contributed by atoms with Crippen LogP contribution in [-0.4, -0.2) is 18.8 Å². The maximum Gasteiger partial charge on any atom is 0.0406 e. The van der Waals surface area contributed by atoms with Gasteiger partial charge in [0.05, 0.1) is 0 Å². The topological polar surface area (TPSA) is 12.0 Å². The lowest BCUT2D eigenvalue weighted by Gasteiger charge is -2.26. The molecule has 20 heavy (non-hydrogen) atoms. The highest BCUT2D eigenvalue weighted by molar-refractivity contribution is 7.99. The van der Waals surface area contributed by atoms with E-state index in [1.54, 1.807) is 0 Å². The fourth-order valence-electron chi connectivity index (χ4n) is 4.03. The van der Waals surface area contributed by atoms with Crippen LogP contribution in [0.5, 0.6) is 0 Å². The molecule has 2 aliphatic carbocycles. The summed E-state index contributed by atoms with van der Waals surface area (Å²) in [7, 11) is 2.11. The Hall–Kier alpha value is -0.180. The molecule has 0 aromatic heterocycles. The fourth-order valence-corrected chi connectivity index (χ4v) is 5.18. The second-order valence-electron chi connectivity index (χ2n) is 6.42. The number of fused-ring (bicyclic) bond motifs is 2. The van der Waals surface area contributed by atoms with Gasteiger partial charge in [-0.25, -0.2) is 0 Å². The summed E-state index contributed by atoms with van der Waals surface area (Å²) in [6, 6.07) is 8.84. The van der Waals surface area contributed by atoms with E-state index in [9.17, 15) is 0 Å². The molecule has 2 bridgehead atoms. The van der Waals surface area contributed by atoms with E-state index in [1.165, 1.54) is 37.0 Å². The summed E-state index contributed by atoms with van der Waals surface area (Å²) in [5.74, 6) is 4.24. The lowest BCUT2D eigenvalue weighted by atomic mass is 9.84. The van der Waals surface area contributed by atoms with Crippen molar-refractivity contribution < 1.29 is 0 Å². The smallest absolute Gasteiger partial charge is 0.0406 e. The van der Waals surface area contributed by atoms with Crippen molar-refractivity contribution >= 4 is 23.4 Å². The molecule has 0 spiro atoms. The first-order valence-corrected chi connectivity index (χ1v) is 9.16. The predicted molar refractivity (Wildman–Crippen MR) is 88.6 cm³/mol. The Labute approximate surface area is 131 Å². The monoisotopic (exact) mass is 309 g/mol. The van der Waals surface area contributed by atoms with Gasteiger partial charge < -0.3 is 5.32 Å². The van der Waals surface area contributed by atoms with Gasteiger partial charge in [0.25, 0.3) is 0 Å². The fraction of sp³-hybridized carbons (Fsp3) is 0.647. The van der Waals surface area contributed by atoms with Crippen LogP contribution in [0.25, 0.3) is 0 Å². The average molecular weight is 310 g/mol. The summed E-state index contributed by atoms with van der Waals surface area (Å²) in [6.07, 6.45) is 7.37. The lowest BCUT2D eigenvalue weighted by molar-refractivity contribution is 0.290. The Morgan fingerprint density at radius 1 is 1.25 bits per heavy atom. The minimum Gasteiger partial charge on any atom is -0.316 e. The standard InChI is InChI=1S/C17H24ClNS/c1-19-16(10-14-9-12-2-3-13(14)8-12)11-20-17-6-4-15(18)5-7-17/h4-7,12-14,16,19H,2-3,8-11H2,1H3. The van der Waals surface area contributed by atoms with Gasteiger partial charge in [0.1, 0.15) is 0 Å². The van der Waals surface area contributed by atoms with Gasteiger partial charge in [0.15, 0.2) is 0 Å². The summed E-state index contributed by atoms with van der Waals surface area (Å²) in [4.78, 5) is 1.32. The van der Waals surface area contributed by atoms with Crippen LogP contribution in [0.15, 0.2) is 29.2 Å². The van der Waals surface area contributed by atoms with Crippen LogP contribution in [0.3, 0.4) is 0 Å². The molecule has 2 aliphatic rings. The van der Waals surface area contributed by atoms with Crippen molar-refractivity contribution in [3.05, 3.63) is 29.3 Å². The summed E-state index contributed by atoms with van der Waals surface area (Å²) in [6.45, 7) is 0. The molecule has 2 fully saturated rings. The van der Waals surface area contributed by atoms with Gasteiger partial charge in [-0.05, 0) is 74.8 Å². The first-order valence-electron chi connectivity index (χ1n) is 7.80. The SMILES string of the molecule is CNC(CSc1ccc(Cl)cc1)CC1CC2CCC1C2. The molecule has 0 aliphatic heterocycles. The summed E-state index contributed by atoms with van der Waals surface area (Å²) >= 11 is 7.87. The molecule has 3 rings (SSSR count). The minimum absolute atomic E-state index is 0.639. The molecule has 110 valence electrons. The Morgan fingerprint density at radius 3 is 2.65 bits per heavy atom. The van der Waals surface area contributed by atoms with Crippen molar-refractivity contribution in [1.29, 1.82) is 0 Å². The van der Waals surface area contributed by atoms with Gasteiger partial charge >= 0.3 is 0 Å².